The van der Waals surface area contributed by atoms with E-state index in [1.807, 2.05) is 0 Å². The normalized spacial score (nSPS) is 12.6. The summed E-state index contributed by atoms with van der Waals surface area (Å²) in [5, 5.41) is 5.81. The van der Waals surface area contributed by atoms with Crippen LogP contribution in [0.15, 0.2) is 97.1 Å². The van der Waals surface area contributed by atoms with Crippen LogP contribution >= 0.6 is 0 Å². The molecule has 7 rings (SSSR count). The number of fused-ring (bicyclic) bond motifs is 2. The predicted octanol–water partition coefficient (Wildman–Crippen LogP) is 5.69. The molecule has 0 atom stereocenters. The van der Waals surface area contributed by atoms with E-state index in [9.17, 15) is 37.5 Å². The highest BCUT2D eigenvalue weighted by Crippen LogP contribution is 2.31. The van der Waals surface area contributed by atoms with Gasteiger partial charge >= 0.3 is 0 Å². The molecule has 5 aromatic carbocycles. The maximum atomic E-state index is 14.3. The summed E-state index contributed by atoms with van der Waals surface area (Å²) in [7, 11) is 6.12. The number of carbonyl (C=O) groups excluding carboxylic acids is 6. The number of nitrogens with one attached hydrogen (secondary N) is 2. The Balaban J connectivity index is 1.09. The van der Waals surface area contributed by atoms with Gasteiger partial charge in [0.2, 0.25) is 0 Å². The lowest BCUT2D eigenvalue weighted by molar-refractivity contribution is 0.0620. The van der Waals surface area contributed by atoms with Gasteiger partial charge in [-0.15, -0.1) is 0 Å². The van der Waals surface area contributed by atoms with Crippen LogP contribution in [0, 0.1) is 11.6 Å². The van der Waals surface area contributed by atoms with Crippen molar-refractivity contribution in [1.82, 2.24) is 30.2 Å². The van der Waals surface area contributed by atoms with E-state index in [4.69, 9.17) is 18.9 Å². The van der Waals surface area contributed by atoms with Gasteiger partial charge in [0, 0.05) is 105 Å². The van der Waals surface area contributed by atoms with Gasteiger partial charge in [-0.05, 0) is 113 Å². The highest BCUT2D eigenvalue weighted by molar-refractivity contribution is 6.09. The van der Waals surface area contributed by atoms with E-state index in [1.54, 1.807) is 86.3 Å². The van der Waals surface area contributed by atoms with Crippen LogP contribution < -0.4 is 10.6 Å². The quantitative estimate of drug-likeness (QED) is 0.0781. The van der Waals surface area contributed by atoms with Crippen LogP contribution in [-0.4, -0.2) is 149 Å². The number of ether oxygens (including phenoxy) is 4. The number of halogens is 2. The maximum absolute atomic E-state index is 14.3. The molecule has 0 bridgehead atoms. The van der Waals surface area contributed by atoms with Crippen molar-refractivity contribution in [2.24, 2.45) is 0 Å². The molecule has 16 nitrogen and oxygen atoms in total. The van der Waals surface area contributed by atoms with E-state index in [-0.39, 0.29) is 149 Å². The predicted molar refractivity (Wildman–Crippen MR) is 271 cm³/mol. The number of carbonyl (C=O) groups is 6. The summed E-state index contributed by atoms with van der Waals surface area (Å²) in [5.74, 6) is -3.25. The molecular weight excluding hydrogens is 955 g/mol. The van der Waals surface area contributed by atoms with E-state index in [2.05, 4.69) is 10.6 Å². The topological polar surface area (TPSA) is 176 Å². The number of benzene rings is 5. The number of rotatable bonds is 24. The molecule has 390 valence electrons. The van der Waals surface area contributed by atoms with Gasteiger partial charge < -0.3 is 49.2 Å². The highest BCUT2D eigenvalue weighted by atomic mass is 19.1. The molecule has 0 radical (unpaired) electrons. The summed E-state index contributed by atoms with van der Waals surface area (Å²) in [6.07, 6.45) is 0.854. The van der Waals surface area contributed by atoms with Crippen LogP contribution in [-0.2, 0) is 58.0 Å². The maximum Gasteiger partial charge on any atom is 0.254 e. The summed E-state index contributed by atoms with van der Waals surface area (Å²) in [6.45, 7) is 2.96. The molecule has 2 aliphatic heterocycles. The fourth-order valence-electron chi connectivity index (χ4n) is 8.98. The zero-order valence-corrected chi connectivity index (χ0v) is 42.2. The lowest BCUT2D eigenvalue weighted by Crippen LogP contribution is -2.38. The summed E-state index contributed by atoms with van der Waals surface area (Å²) in [6, 6.07) is 25.0. The lowest BCUT2D eigenvalue weighted by Gasteiger charge is -2.23. The zero-order valence-electron chi connectivity index (χ0n) is 42.2. The van der Waals surface area contributed by atoms with Gasteiger partial charge in [-0.1, -0.05) is 30.3 Å². The molecule has 18 heteroatoms. The van der Waals surface area contributed by atoms with E-state index in [0.29, 0.717) is 35.1 Å². The third-order valence-electron chi connectivity index (χ3n) is 13.1. The molecule has 0 aliphatic carbocycles. The Kier molecular flexibility index (Phi) is 19.1. The van der Waals surface area contributed by atoms with Crippen LogP contribution in [0.3, 0.4) is 0 Å². The first-order valence-electron chi connectivity index (χ1n) is 24.4. The fourth-order valence-corrected chi connectivity index (χ4v) is 8.98. The van der Waals surface area contributed by atoms with Crippen LogP contribution in [0.25, 0.3) is 0 Å². The SMILES string of the molecule is COCCN(CCOC)C(=O)c1cc2c(cc1C(=O)NCCc1ccc(F)cc1)CN(C(=O)c1cccc(C(=O)N3Cc4cc(C(=O)NCCc5ccc(F)cc5)c(C(=O)N(CCOC)CCOC)cc4C3)c1)C2. The third-order valence-corrected chi connectivity index (χ3v) is 13.1. The number of hydrogen-bond acceptors (Lipinski definition) is 10. The Morgan fingerprint density at radius 2 is 0.797 bits per heavy atom. The Morgan fingerprint density at radius 3 is 1.12 bits per heavy atom. The molecule has 0 unspecified atom stereocenters. The minimum absolute atomic E-state index is 0.132. The van der Waals surface area contributed by atoms with Crippen molar-refractivity contribution in [3.8, 4) is 0 Å². The molecule has 0 saturated carbocycles. The third kappa shape index (κ3) is 13.6. The highest BCUT2D eigenvalue weighted by Gasteiger charge is 2.33. The van der Waals surface area contributed by atoms with Gasteiger partial charge in [-0.2, -0.15) is 0 Å². The lowest BCUT2D eigenvalue weighted by atomic mass is 9.98. The molecule has 6 amide bonds. The van der Waals surface area contributed by atoms with Crippen molar-refractivity contribution in [1.29, 1.82) is 0 Å². The molecular formula is C56H62F2N6O10. The second kappa shape index (κ2) is 26.0. The van der Waals surface area contributed by atoms with Crippen molar-refractivity contribution in [2.45, 2.75) is 39.0 Å². The van der Waals surface area contributed by atoms with Crippen molar-refractivity contribution >= 4 is 35.4 Å². The Labute approximate surface area is 429 Å². The summed E-state index contributed by atoms with van der Waals surface area (Å²) >= 11 is 0. The van der Waals surface area contributed by atoms with E-state index in [0.717, 1.165) is 11.1 Å². The smallest absolute Gasteiger partial charge is 0.254 e. The number of hydrogen-bond donors (Lipinski definition) is 2. The van der Waals surface area contributed by atoms with Crippen molar-refractivity contribution < 1.29 is 56.5 Å². The van der Waals surface area contributed by atoms with Crippen molar-refractivity contribution in [3.63, 3.8) is 0 Å². The fraction of sp³-hybridized carbons (Fsp3) is 0.357. The second-order valence-corrected chi connectivity index (χ2v) is 18.1. The minimum Gasteiger partial charge on any atom is -0.383 e. The van der Waals surface area contributed by atoms with Crippen LogP contribution in [0.2, 0.25) is 0 Å². The Bertz CT molecular complexity index is 2630. The standard InChI is InChI=1S/C56H62F2N6O10/c1-71-24-20-61(21-25-72-2)55(69)49-31-43-35-63(33-41(43)29-47(49)51(65)59-18-16-37-8-12-45(57)13-9-37)53(67)39-6-5-7-40(28-39)54(68)64-34-42-30-48(52(66)60-19-17-38-10-14-46(58)15-11-38)50(32-44(42)36-64)56(70)62(22-26-73-3)23-27-74-4/h5-15,28-32H,16-27,33-36H2,1-4H3,(H,59,65)(H,60,66). The minimum atomic E-state index is -0.483. The second-order valence-electron chi connectivity index (χ2n) is 18.1. The molecule has 0 fully saturated rings. The number of amides is 6. The first kappa shape index (κ1) is 54.4. The van der Waals surface area contributed by atoms with Gasteiger partial charge in [-0.3, -0.25) is 28.8 Å². The van der Waals surface area contributed by atoms with Gasteiger partial charge in [0.15, 0.2) is 0 Å². The first-order valence-corrected chi connectivity index (χ1v) is 24.4. The molecule has 2 N–H and O–H groups in total. The summed E-state index contributed by atoms with van der Waals surface area (Å²) in [5.41, 5.74) is 5.47. The van der Waals surface area contributed by atoms with Crippen LogP contribution in [0.5, 0.6) is 0 Å². The van der Waals surface area contributed by atoms with E-state index >= 15 is 0 Å². The zero-order chi connectivity index (χ0) is 52.7. The van der Waals surface area contributed by atoms with Crippen molar-refractivity contribution in [2.75, 3.05) is 94.1 Å². The van der Waals surface area contributed by atoms with Gasteiger partial charge in [-0.25, -0.2) is 8.78 Å². The van der Waals surface area contributed by atoms with Crippen molar-refractivity contribution in [3.05, 3.63) is 175 Å². The van der Waals surface area contributed by atoms with Gasteiger partial charge in [0.25, 0.3) is 35.4 Å². The monoisotopic (exact) mass is 1020 g/mol. The van der Waals surface area contributed by atoms with E-state index < -0.39 is 23.6 Å². The number of nitrogens with zero attached hydrogens (tertiary/aromatic N) is 4. The molecule has 2 aliphatic rings. The van der Waals surface area contributed by atoms with Crippen LogP contribution in [0.4, 0.5) is 8.78 Å². The Hall–Kier alpha value is -7.38. The summed E-state index contributed by atoms with van der Waals surface area (Å²) in [4.78, 5) is 91.2. The Morgan fingerprint density at radius 1 is 0.473 bits per heavy atom. The number of methoxy groups -OCH3 is 4. The summed E-state index contributed by atoms with van der Waals surface area (Å²) < 4.78 is 48.1. The molecule has 74 heavy (non-hydrogen) atoms. The van der Waals surface area contributed by atoms with Gasteiger partial charge in [0.1, 0.15) is 11.6 Å². The molecule has 2 heterocycles. The first-order chi connectivity index (χ1) is 35.8. The molecule has 0 saturated heterocycles. The molecule has 0 spiro atoms. The van der Waals surface area contributed by atoms with E-state index in [1.165, 1.54) is 58.8 Å². The largest absolute Gasteiger partial charge is 0.383 e. The van der Waals surface area contributed by atoms with Crippen LogP contribution in [0.1, 0.15) is 95.5 Å². The molecule has 5 aromatic rings. The average Bonchev–Trinajstić information content (AvgIpc) is 4.04. The molecule has 0 aromatic heterocycles. The average molecular weight is 1020 g/mol. The van der Waals surface area contributed by atoms with Gasteiger partial charge in [0.05, 0.1) is 48.7 Å².